The average molecular weight is 290 g/mol. The second kappa shape index (κ2) is 5.15. The third-order valence-electron chi connectivity index (χ3n) is 2.86. The van der Waals surface area contributed by atoms with Crippen molar-refractivity contribution in [3.63, 3.8) is 0 Å². The molecule has 0 saturated carbocycles. The standard InChI is InChI=1S/C14H12ClN3S/c1-9(14-17-5-6-19-14)18-12-8-11(15)7-10-3-2-4-16-13(10)12/h2-9,18H,1H3. The molecule has 1 atom stereocenters. The van der Waals surface area contributed by atoms with Crippen LogP contribution in [-0.4, -0.2) is 9.97 Å². The van der Waals surface area contributed by atoms with Crippen LogP contribution in [0.4, 0.5) is 5.69 Å². The van der Waals surface area contributed by atoms with Gasteiger partial charge in [-0.1, -0.05) is 17.7 Å². The number of aromatic nitrogens is 2. The first-order chi connectivity index (χ1) is 9.24. The molecule has 2 aromatic heterocycles. The largest absolute Gasteiger partial charge is 0.374 e. The van der Waals surface area contributed by atoms with Gasteiger partial charge in [0.05, 0.1) is 17.2 Å². The summed E-state index contributed by atoms with van der Waals surface area (Å²) >= 11 is 7.78. The highest BCUT2D eigenvalue weighted by Crippen LogP contribution is 2.29. The Kier molecular flexibility index (Phi) is 3.36. The highest BCUT2D eigenvalue weighted by molar-refractivity contribution is 7.09. The van der Waals surface area contributed by atoms with E-state index >= 15 is 0 Å². The summed E-state index contributed by atoms with van der Waals surface area (Å²) in [5.74, 6) is 0. The number of thiazole rings is 1. The summed E-state index contributed by atoms with van der Waals surface area (Å²) in [5, 5.41) is 8.18. The van der Waals surface area contributed by atoms with E-state index in [4.69, 9.17) is 11.6 Å². The molecule has 1 N–H and O–H groups in total. The maximum atomic E-state index is 6.15. The summed E-state index contributed by atoms with van der Waals surface area (Å²) in [5.41, 5.74) is 1.86. The van der Waals surface area contributed by atoms with Crippen molar-refractivity contribution in [3.8, 4) is 0 Å². The summed E-state index contributed by atoms with van der Waals surface area (Å²) in [4.78, 5) is 8.74. The lowest BCUT2D eigenvalue weighted by Crippen LogP contribution is -2.06. The van der Waals surface area contributed by atoms with Gasteiger partial charge in [0, 0.05) is 28.2 Å². The van der Waals surface area contributed by atoms with E-state index < -0.39 is 0 Å². The Morgan fingerprint density at radius 3 is 2.95 bits per heavy atom. The summed E-state index contributed by atoms with van der Waals surface area (Å²) in [6.07, 6.45) is 3.60. The fraction of sp³-hybridized carbons (Fsp3) is 0.143. The number of fused-ring (bicyclic) bond motifs is 1. The molecule has 19 heavy (non-hydrogen) atoms. The van der Waals surface area contributed by atoms with Crippen molar-refractivity contribution in [1.29, 1.82) is 0 Å². The van der Waals surface area contributed by atoms with Crippen molar-refractivity contribution in [3.05, 3.63) is 52.1 Å². The van der Waals surface area contributed by atoms with Crippen LogP contribution in [0.5, 0.6) is 0 Å². The Labute approximate surface area is 120 Å². The summed E-state index contributed by atoms with van der Waals surface area (Å²) < 4.78 is 0. The van der Waals surface area contributed by atoms with Crippen LogP contribution in [0, 0.1) is 0 Å². The Morgan fingerprint density at radius 2 is 2.16 bits per heavy atom. The van der Waals surface area contributed by atoms with E-state index in [-0.39, 0.29) is 6.04 Å². The highest BCUT2D eigenvalue weighted by atomic mass is 35.5. The van der Waals surface area contributed by atoms with Gasteiger partial charge < -0.3 is 5.32 Å². The molecule has 0 amide bonds. The molecule has 5 heteroatoms. The van der Waals surface area contributed by atoms with Gasteiger partial charge in [0.15, 0.2) is 0 Å². The Bertz CT molecular complexity index is 697. The third-order valence-corrected chi connectivity index (χ3v) is 4.04. The number of anilines is 1. The number of nitrogens with one attached hydrogen (secondary N) is 1. The van der Waals surface area contributed by atoms with Gasteiger partial charge >= 0.3 is 0 Å². The van der Waals surface area contributed by atoms with Crippen molar-refractivity contribution in [2.45, 2.75) is 13.0 Å². The highest BCUT2D eigenvalue weighted by Gasteiger charge is 2.11. The first-order valence-corrected chi connectivity index (χ1v) is 7.20. The van der Waals surface area contributed by atoms with Gasteiger partial charge in [0.1, 0.15) is 5.01 Å². The van der Waals surface area contributed by atoms with Crippen LogP contribution in [-0.2, 0) is 0 Å². The first-order valence-electron chi connectivity index (χ1n) is 5.94. The predicted octanol–water partition coefficient (Wildman–Crippen LogP) is 4.52. The van der Waals surface area contributed by atoms with Crippen molar-refractivity contribution in [2.24, 2.45) is 0 Å². The molecule has 1 aromatic carbocycles. The molecule has 0 radical (unpaired) electrons. The van der Waals surface area contributed by atoms with Crippen LogP contribution >= 0.6 is 22.9 Å². The molecule has 2 heterocycles. The molecule has 0 spiro atoms. The molecule has 1 unspecified atom stereocenters. The van der Waals surface area contributed by atoms with Gasteiger partial charge in [-0.3, -0.25) is 4.98 Å². The lowest BCUT2D eigenvalue weighted by molar-refractivity contribution is 0.871. The average Bonchev–Trinajstić information content (AvgIpc) is 2.92. The second-order valence-corrected chi connectivity index (χ2v) is 5.63. The molecule has 3 rings (SSSR count). The van der Waals surface area contributed by atoms with Gasteiger partial charge in [-0.15, -0.1) is 11.3 Å². The van der Waals surface area contributed by atoms with Gasteiger partial charge in [-0.25, -0.2) is 4.98 Å². The summed E-state index contributed by atoms with van der Waals surface area (Å²) in [6.45, 7) is 2.08. The fourth-order valence-electron chi connectivity index (χ4n) is 2.01. The smallest absolute Gasteiger partial charge is 0.115 e. The zero-order valence-electron chi connectivity index (χ0n) is 10.3. The molecular formula is C14H12ClN3S. The van der Waals surface area contributed by atoms with Gasteiger partial charge in [-0.2, -0.15) is 0 Å². The van der Waals surface area contributed by atoms with Crippen LogP contribution in [0.1, 0.15) is 18.0 Å². The Balaban J connectivity index is 2.00. The summed E-state index contributed by atoms with van der Waals surface area (Å²) in [7, 11) is 0. The van der Waals surface area contributed by atoms with Crippen LogP contribution in [0.2, 0.25) is 5.02 Å². The third kappa shape index (κ3) is 2.55. The maximum absolute atomic E-state index is 6.15. The van der Waals surface area contributed by atoms with E-state index in [1.807, 2.05) is 35.8 Å². The molecule has 3 nitrogen and oxygen atoms in total. The fourth-order valence-corrected chi connectivity index (χ4v) is 2.88. The van der Waals surface area contributed by atoms with E-state index in [1.165, 1.54) is 0 Å². The molecule has 96 valence electrons. The number of halogens is 1. The monoisotopic (exact) mass is 289 g/mol. The SMILES string of the molecule is CC(Nc1cc(Cl)cc2cccnc12)c1nccs1. The predicted molar refractivity (Wildman–Crippen MR) is 80.9 cm³/mol. The molecule has 0 aliphatic heterocycles. The second-order valence-electron chi connectivity index (χ2n) is 4.26. The number of nitrogens with zero attached hydrogens (tertiary/aromatic N) is 2. The summed E-state index contributed by atoms with van der Waals surface area (Å²) in [6, 6.07) is 7.87. The first kappa shape index (κ1) is 12.4. The number of pyridine rings is 1. The lowest BCUT2D eigenvalue weighted by atomic mass is 10.2. The van der Waals surface area contributed by atoms with E-state index in [9.17, 15) is 0 Å². The van der Waals surface area contributed by atoms with Crippen LogP contribution in [0.15, 0.2) is 42.0 Å². The number of benzene rings is 1. The maximum Gasteiger partial charge on any atom is 0.115 e. The zero-order chi connectivity index (χ0) is 13.2. The molecule has 3 aromatic rings. The van der Waals surface area contributed by atoms with Gasteiger partial charge in [-0.05, 0) is 25.1 Å². The molecule has 0 aliphatic carbocycles. The van der Waals surface area contributed by atoms with E-state index in [0.717, 1.165) is 21.6 Å². The minimum Gasteiger partial charge on any atom is -0.374 e. The minimum absolute atomic E-state index is 0.128. The number of hydrogen-bond donors (Lipinski definition) is 1. The van der Waals surface area contributed by atoms with Crippen LogP contribution in [0.3, 0.4) is 0 Å². The lowest BCUT2D eigenvalue weighted by Gasteiger charge is -2.14. The molecule has 0 fully saturated rings. The molecule has 0 saturated heterocycles. The topological polar surface area (TPSA) is 37.8 Å². The molecule has 0 aliphatic rings. The van der Waals surface area contributed by atoms with Gasteiger partial charge in [0.25, 0.3) is 0 Å². The Morgan fingerprint density at radius 1 is 1.26 bits per heavy atom. The zero-order valence-corrected chi connectivity index (χ0v) is 11.9. The molecular weight excluding hydrogens is 278 g/mol. The number of hydrogen-bond acceptors (Lipinski definition) is 4. The van der Waals surface area contributed by atoms with Crippen LogP contribution in [0.25, 0.3) is 10.9 Å². The van der Waals surface area contributed by atoms with Gasteiger partial charge in [0.2, 0.25) is 0 Å². The van der Waals surface area contributed by atoms with Crippen molar-refractivity contribution < 1.29 is 0 Å². The van der Waals surface area contributed by atoms with Crippen LogP contribution < -0.4 is 5.32 Å². The van der Waals surface area contributed by atoms with E-state index in [0.29, 0.717) is 5.02 Å². The number of rotatable bonds is 3. The van der Waals surface area contributed by atoms with Crippen molar-refractivity contribution in [1.82, 2.24) is 9.97 Å². The quantitative estimate of drug-likeness (QED) is 0.770. The van der Waals surface area contributed by atoms with E-state index in [1.54, 1.807) is 17.5 Å². The van der Waals surface area contributed by atoms with E-state index in [2.05, 4.69) is 22.2 Å². The minimum atomic E-state index is 0.128. The van der Waals surface area contributed by atoms with Crippen molar-refractivity contribution in [2.75, 3.05) is 5.32 Å². The molecule has 0 bridgehead atoms. The normalized spacial score (nSPS) is 12.5. The van der Waals surface area contributed by atoms with Crippen molar-refractivity contribution >= 4 is 39.5 Å². The Hall–Kier alpha value is -1.65.